The van der Waals surface area contributed by atoms with Crippen LogP contribution < -0.4 is 10.0 Å². The molecule has 1 atom stereocenters. The average molecular weight is 469 g/mol. The highest BCUT2D eigenvalue weighted by Crippen LogP contribution is 2.13. The smallest absolute Gasteiger partial charge is 0.331 e. The summed E-state index contributed by atoms with van der Waals surface area (Å²) in [5, 5.41) is 2.76. The molecule has 0 radical (unpaired) electrons. The van der Waals surface area contributed by atoms with Crippen molar-refractivity contribution in [3.63, 3.8) is 0 Å². The molecule has 0 bridgehead atoms. The Bertz CT molecular complexity index is 1190. The largest absolute Gasteiger partial charge is 0.468 e. The maximum atomic E-state index is 12.3. The number of ether oxygens (including phenoxy) is 1. The van der Waals surface area contributed by atoms with Crippen molar-refractivity contribution in [3.8, 4) is 0 Å². The van der Waals surface area contributed by atoms with Crippen LogP contribution in [-0.4, -0.2) is 26.9 Å². The monoisotopic (exact) mass is 468 g/mol. The van der Waals surface area contributed by atoms with Gasteiger partial charge in [0.05, 0.1) is 23.7 Å². The van der Waals surface area contributed by atoms with Gasteiger partial charge in [0, 0.05) is 6.08 Å². The van der Waals surface area contributed by atoms with Gasteiger partial charge in [-0.3, -0.25) is 4.79 Å². The van der Waals surface area contributed by atoms with Crippen molar-refractivity contribution < 1.29 is 27.2 Å². The third kappa shape index (κ3) is 7.44. The predicted molar refractivity (Wildman–Crippen MR) is 122 cm³/mol. The molecule has 0 aliphatic heterocycles. The van der Waals surface area contributed by atoms with E-state index in [0.717, 1.165) is 5.56 Å². The van der Waals surface area contributed by atoms with E-state index in [0.29, 0.717) is 11.3 Å². The topological polar surface area (TPSA) is 115 Å². The van der Waals surface area contributed by atoms with E-state index in [4.69, 9.17) is 9.15 Å². The molecule has 0 saturated heterocycles. The number of hydrogen-bond acceptors (Lipinski definition) is 6. The summed E-state index contributed by atoms with van der Waals surface area (Å²) in [5.41, 5.74) is 1.54. The quantitative estimate of drug-likeness (QED) is 0.349. The Morgan fingerprint density at radius 3 is 2.42 bits per heavy atom. The minimum absolute atomic E-state index is 0.0422. The van der Waals surface area contributed by atoms with Crippen molar-refractivity contribution in [2.45, 2.75) is 24.4 Å². The summed E-state index contributed by atoms with van der Waals surface area (Å²) in [7, 11) is -3.70. The number of sulfonamides is 1. The molecule has 0 aliphatic carbocycles. The molecule has 9 heteroatoms. The number of hydrogen-bond donors (Lipinski definition) is 2. The number of carbonyl (C=O) groups excluding carboxylic acids is 2. The first kappa shape index (κ1) is 24.0. The van der Waals surface area contributed by atoms with Crippen molar-refractivity contribution in [2.24, 2.45) is 0 Å². The zero-order valence-corrected chi connectivity index (χ0v) is 18.7. The number of benzene rings is 2. The second kappa shape index (κ2) is 11.3. The second-order valence-corrected chi connectivity index (χ2v) is 8.88. The molecule has 172 valence electrons. The van der Waals surface area contributed by atoms with Crippen LogP contribution in [0.5, 0.6) is 0 Å². The first-order chi connectivity index (χ1) is 15.8. The predicted octanol–water partition coefficient (Wildman–Crippen LogP) is 3.19. The van der Waals surface area contributed by atoms with Crippen molar-refractivity contribution in [2.75, 3.05) is 6.61 Å². The highest BCUT2D eigenvalue weighted by Gasteiger charge is 2.14. The molecule has 0 spiro atoms. The Balaban J connectivity index is 1.46. The molecule has 33 heavy (non-hydrogen) atoms. The average Bonchev–Trinajstić information content (AvgIpc) is 3.35. The number of nitrogens with one attached hydrogen (secondary N) is 2. The van der Waals surface area contributed by atoms with E-state index in [2.05, 4.69) is 10.0 Å². The van der Waals surface area contributed by atoms with E-state index in [1.54, 1.807) is 24.3 Å². The lowest BCUT2D eigenvalue weighted by Crippen LogP contribution is -2.30. The molecule has 0 saturated carbocycles. The summed E-state index contributed by atoms with van der Waals surface area (Å²) in [6, 6.07) is 18.5. The van der Waals surface area contributed by atoms with Gasteiger partial charge in [-0.05, 0) is 48.4 Å². The Hall–Kier alpha value is -3.69. The van der Waals surface area contributed by atoms with Crippen molar-refractivity contribution in [1.82, 2.24) is 10.0 Å². The van der Waals surface area contributed by atoms with Crippen molar-refractivity contribution >= 4 is 28.0 Å². The first-order valence-corrected chi connectivity index (χ1v) is 11.6. The van der Waals surface area contributed by atoms with Gasteiger partial charge < -0.3 is 14.5 Å². The van der Waals surface area contributed by atoms with Gasteiger partial charge in [-0.1, -0.05) is 42.5 Å². The second-order valence-electron chi connectivity index (χ2n) is 7.11. The van der Waals surface area contributed by atoms with E-state index < -0.39 is 28.5 Å². The molecular weight excluding hydrogens is 444 g/mol. The Kier molecular flexibility index (Phi) is 8.17. The van der Waals surface area contributed by atoms with Crippen LogP contribution >= 0.6 is 0 Å². The number of furan rings is 1. The van der Waals surface area contributed by atoms with Gasteiger partial charge >= 0.3 is 5.97 Å². The molecule has 3 rings (SSSR count). The molecule has 1 heterocycles. The highest BCUT2D eigenvalue weighted by atomic mass is 32.2. The number of amides is 1. The Morgan fingerprint density at radius 2 is 1.76 bits per heavy atom. The molecular formula is C24H24N2O6S. The van der Waals surface area contributed by atoms with Crippen LogP contribution in [0.3, 0.4) is 0 Å². The summed E-state index contributed by atoms with van der Waals surface area (Å²) in [4.78, 5) is 24.0. The zero-order valence-electron chi connectivity index (χ0n) is 17.9. The van der Waals surface area contributed by atoms with Gasteiger partial charge in [0.2, 0.25) is 10.0 Å². The molecule has 2 N–H and O–H groups in total. The lowest BCUT2D eigenvalue weighted by molar-refractivity contribution is -0.144. The molecule has 1 aromatic heterocycles. The third-order valence-corrected chi connectivity index (χ3v) is 6.06. The molecule has 1 amide bonds. The van der Waals surface area contributed by atoms with Crippen LogP contribution in [0.15, 0.2) is 88.4 Å². The highest BCUT2D eigenvalue weighted by molar-refractivity contribution is 7.89. The van der Waals surface area contributed by atoms with Crippen molar-refractivity contribution in [1.29, 1.82) is 0 Å². The van der Waals surface area contributed by atoms with E-state index >= 15 is 0 Å². The maximum absolute atomic E-state index is 12.3. The summed E-state index contributed by atoms with van der Waals surface area (Å²) in [6.45, 7) is 1.48. The van der Waals surface area contributed by atoms with Crippen LogP contribution in [0, 0.1) is 0 Å². The van der Waals surface area contributed by atoms with Gasteiger partial charge in [0.15, 0.2) is 6.61 Å². The lowest BCUT2D eigenvalue weighted by Gasteiger charge is -2.13. The fourth-order valence-electron chi connectivity index (χ4n) is 2.88. The van der Waals surface area contributed by atoms with E-state index in [1.807, 2.05) is 37.3 Å². The minimum atomic E-state index is -3.70. The molecule has 2 aromatic carbocycles. The summed E-state index contributed by atoms with van der Waals surface area (Å²) in [5.74, 6) is -0.598. The zero-order chi connectivity index (χ0) is 23.7. The van der Waals surface area contributed by atoms with E-state index in [1.165, 1.54) is 30.5 Å². The van der Waals surface area contributed by atoms with Gasteiger partial charge in [-0.2, -0.15) is 0 Å². The molecule has 0 unspecified atom stereocenters. The normalized spacial score (nSPS) is 12.4. The first-order valence-electron chi connectivity index (χ1n) is 10.1. The SMILES string of the molecule is C[C@@H](NC(=O)COC(=O)/C=C/c1ccc(S(=O)(=O)NCc2ccco2)cc1)c1ccccc1. The molecule has 0 fully saturated rings. The Morgan fingerprint density at radius 1 is 1.03 bits per heavy atom. The number of rotatable bonds is 10. The van der Waals surface area contributed by atoms with Gasteiger partial charge in [0.1, 0.15) is 5.76 Å². The van der Waals surface area contributed by atoms with Crippen LogP contribution in [0.1, 0.15) is 29.9 Å². The summed E-state index contributed by atoms with van der Waals surface area (Å²) < 4.78 is 37.2. The fourth-order valence-corrected chi connectivity index (χ4v) is 3.87. The maximum Gasteiger partial charge on any atom is 0.331 e. The molecule has 3 aromatic rings. The Labute approximate surface area is 192 Å². The van der Waals surface area contributed by atoms with Crippen LogP contribution in [0.4, 0.5) is 0 Å². The standard InChI is InChI=1S/C24H24N2O6S/c1-18(20-6-3-2-4-7-20)26-23(27)17-32-24(28)14-11-19-9-12-22(13-10-19)33(29,30)25-16-21-8-5-15-31-21/h2-15,18,25H,16-17H2,1H3,(H,26,27)/b14-11+/t18-/m1/s1. The summed E-state index contributed by atoms with van der Waals surface area (Å²) in [6.07, 6.45) is 4.11. The van der Waals surface area contributed by atoms with Gasteiger partial charge in [-0.25, -0.2) is 17.9 Å². The molecule has 8 nitrogen and oxygen atoms in total. The van der Waals surface area contributed by atoms with Crippen LogP contribution in [-0.2, 0) is 30.9 Å². The fraction of sp³-hybridized carbons (Fsp3) is 0.167. The van der Waals surface area contributed by atoms with E-state index in [-0.39, 0.29) is 17.5 Å². The van der Waals surface area contributed by atoms with Crippen LogP contribution in [0.2, 0.25) is 0 Å². The van der Waals surface area contributed by atoms with Gasteiger partial charge in [-0.15, -0.1) is 0 Å². The minimum Gasteiger partial charge on any atom is -0.468 e. The van der Waals surface area contributed by atoms with Crippen molar-refractivity contribution in [3.05, 3.63) is 96.0 Å². The van der Waals surface area contributed by atoms with Gasteiger partial charge in [0.25, 0.3) is 5.91 Å². The third-order valence-electron chi connectivity index (χ3n) is 4.64. The molecule has 0 aliphatic rings. The number of esters is 1. The van der Waals surface area contributed by atoms with E-state index in [9.17, 15) is 18.0 Å². The number of carbonyl (C=O) groups is 2. The van der Waals surface area contributed by atoms with Crippen LogP contribution in [0.25, 0.3) is 6.08 Å². The lowest BCUT2D eigenvalue weighted by atomic mass is 10.1. The summed E-state index contributed by atoms with van der Waals surface area (Å²) >= 11 is 0.